The summed E-state index contributed by atoms with van der Waals surface area (Å²) in [6, 6.07) is 16.2. The van der Waals surface area contributed by atoms with Crippen LogP contribution in [0, 0.1) is 0 Å². The standard InChI is InChI=1S/C28H27ClN2O5/c1-18(21-14-23(29)26(35-3)24(15-21)34-2)25(28(33)36-4)22(13-19-9-6-5-7-10-19)27(32)31-17-20-11-8-12-30-16-20/h5-16H,17H2,1-4H3,(H,31,32)/b22-13+,25-18-. The molecule has 0 aliphatic rings. The van der Waals surface area contributed by atoms with Gasteiger partial charge in [0.25, 0.3) is 5.91 Å². The van der Waals surface area contributed by atoms with Crippen LogP contribution in [-0.4, -0.2) is 38.2 Å². The molecule has 8 heteroatoms. The number of halogens is 1. The number of amides is 1. The average molecular weight is 507 g/mol. The molecule has 3 rings (SSSR count). The predicted molar refractivity (Wildman–Crippen MR) is 140 cm³/mol. The summed E-state index contributed by atoms with van der Waals surface area (Å²) in [4.78, 5) is 30.7. The van der Waals surface area contributed by atoms with Crippen LogP contribution in [0.3, 0.4) is 0 Å². The number of hydrogen-bond donors (Lipinski definition) is 1. The molecule has 0 atom stereocenters. The highest BCUT2D eigenvalue weighted by molar-refractivity contribution is 6.32. The minimum atomic E-state index is -0.669. The third kappa shape index (κ3) is 6.31. The molecule has 7 nitrogen and oxygen atoms in total. The lowest BCUT2D eigenvalue weighted by Gasteiger charge is -2.17. The van der Waals surface area contributed by atoms with E-state index in [1.165, 1.54) is 21.3 Å². The second kappa shape index (κ2) is 12.6. The molecule has 0 unspecified atom stereocenters. The molecule has 3 aromatic rings. The van der Waals surface area contributed by atoms with E-state index in [-0.39, 0.29) is 17.7 Å². The Labute approximate surface area is 215 Å². The Hall–Kier alpha value is -4.10. The number of rotatable bonds is 9. The number of aromatic nitrogens is 1. The van der Waals surface area contributed by atoms with Gasteiger partial charge in [-0.2, -0.15) is 0 Å². The van der Waals surface area contributed by atoms with Gasteiger partial charge in [-0.05, 0) is 53.5 Å². The third-order valence-corrected chi connectivity index (χ3v) is 5.71. The minimum absolute atomic E-state index is 0.0910. The van der Waals surface area contributed by atoms with Gasteiger partial charge in [0.15, 0.2) is 11.5 Å². The number of esters is 1. The Balaban J connectivity index is 2.17. The van der Waals surface area contributed by atoms with Gasteiger partial charge in [-0.15, -0.1) is 0 Å². The zero-order valence-electron chi connectivity index (χ0n) is 20.5. The highest BCUT2D eigenvalue weighted by atomic mass is 35.5. The molecule has 0 bridgehead atoms. The molecule has 0 radical (unpaired) electrons. The van der Waals surface area contributed by atoms with Crippen LogP contribution in [0.25, 0.3) is 11.6 Å². The Morgan fingerprint density at radius 2 is 1.78 bits per heavy atom. The molecule has 0 spiro atoms. The summed E-state index contributed by atoms with van der Waals surface area (Å²) in [6.07, 6.45) is 4.97. The summed E-state index contributed by atoms with van der Waals surface area (Å²) < 4.78 is 15.8. The first kappa shape index (κ1) is 26.5. The van der Waals surface area contributed by atoms with Gasteiger partial charge in [-0.25, -0.2) is 4.79 Å². The van der Waals surface area contributed by atoms with Gasteiger partial charge < -0.3 is 19.5 Å². The van der Waals surface area contributed by atoms with Crippen molar-refractivity contribution in [2.75, 3.05) is 21.3 Å². The second-order valence-corrected chi connectivity index (χ2v) is 8.11. The van der Waals surface area contributed by atoms with Crippen molar-refractivity contribution in [3.63, 3.8) is 0 Å². The second-order valence-electron chi connectivity index (χ2n) is 7.70. The van der Waals surface area contributed by atoms with Crippen molar-refractivity contribution in [1.82, 2.24) is 10.3 Å². The Kier molecular flexibility index (Phi) is 9.25. The van der Waals surface area contributed by atoms with Gasteiger partial charge in [0.1, 0.15) is 0 Å². The molecule has 1 amide bonds. The number of carbonyl (C=O) groups excluding carboxylic acids is 2. The Morgan fingerprint density at radius 1 is 1.03 bits per heavy atom. The van der Waals surface area contributed by atoms with Gasteiger partial charge in [-0.1, -0.05) is 48.0 Å². The topological polar surface area (TPSA) is 86.8 Å². The number of allylic oxidation sites excluding steroid dienone is 1. The molecule has 1 aromatic heterocycles. The lowest BCUT2D eigenvalue weighted by atomic mass is 9.93. The molecule has 0 fully saturated rings. The lowest BCUT2D eigenvalue weighted by Crippen LogP contribution is -2.27. The third-order valence-electron chi connectivity index (χ3n) is 5.43. The quantitative estimate of drug-likeness (QED) is 0.247. The van der Waals surface area contributed by atoms with Crippen LogP contribution in [0.5, 0.6) is 11.5 Å². The van der Waals surface area contributed by atoms with E-state index < -0.39 is 11.9 Å². The van der Waals surface area contributed by atoms with Crippen LogP contribution in [0.2, 0.25) is 5.02 Å². The van der Waals surface area contributed by atoms with E-state index in [9.17, 15) is 9.59 Å². The average Bonchev–Trinajstić information content (AvgIpc) is 2.91. The van der Waals surface area contributed by atoms with Crippen LogP contribution in [-0.2, 0) is 20.9 Å². The van der Waals surface area contributed by atoms with E-state index in [0.29, 0.717) is 27.7 Å². The largest absolute Gasteiger partial charge is 0.493 e. The molecule has 2 aromatic carbocycles. The molecule has 1 heterocycles. The molecule has 36 heavy (non-hydrogen) atoms. The van der Waals surface area contributed by atoms with Crippen molar-refractivity contribution in [3.05, 3.63) is 99.9 Å². The number of nitrogens with one attached hydrogen (secondary N) is 1. The van der Waals surface area contributed by atoms with Crippen LogP contribution in [0.15, 0.2) is 78.1 Å². The zero-order valence-corrected chi connectivity index (χ0v) is 21.3. The van der Waals surface area contributed by atoms with Gasteiger partial charge >= 0.3 is 5.97 Å². The molecule has 186 valence electrons. The van der Waals surface area contributed by atoms with Crippen LogP contribution >= 0.6 is 11.6 Å². The first-order valence-corrected chi connectivity index (χ1v) is 11.4. The number of carbonyl (C=O) groups is 2. The van der Waals surface area contributed by atoms with E-state index in [0.717, 1.165) is 11.1 Å². The molecule has 0 saturated carbocycles. The first-order valence-electron chi connectivity index (χ1n) is 11.0. The highest BCUT2D eigenvalue weighted by Gasteiger charge is 2.26. The van der Waals surface area contributed by atoms with Crippen LogP contribution in [0.4, 0.5) is 0 Å². The number of ether oxygens (including phenoxy) is 3. The van der Waals surface area contributed by atoms with E-state index in [1.807, 2.05) is 36.4 Å². The molecule has 0 saturated heterocycles. The maximum absolute atomic E-state index is 13.5. The summed E-state index contributed by atoms with van der Waals surface area (Å²) >= 11 is 6.42. The van der Waals surface area contributed by atoms with E-state index in [4.69, 9.17) is 25.8 Å². The van der Waals surface area contributed by atoms with Gasteiger partial charge in [-0.3, -0.25) is 9.78 Å². The van der Waals surface area contributed by atoms with Crippen molar-refractivity contribution in [1.29, 1.82) is 0 Å². The van der Waals surface area contributed by atoms with Gasteiger partial charge in [0, 0.05) is 18.9 Å². The number of hydrogen-bond acceptors (Lipinski definition) is 6. The number of methoxy groups -OCH3 is 3. The van der Waals surface area contributed by atoms with Gasteiger partial charge in [0.2, 0.25) is 0 Å². The van der Waals surface area contributed by atoms with Crippen molar-refractivity contribution >= 4 is 35.1 Å². The summed E-state index contributed by atoms with van der Waals surface area (Å²) in [5.41, 5.74) is 2.83. The number of pyridine rings is 1. The molecule has 0 aliphatic carbocycles. The SMILES string of the molecule is COC(=O)C(=C(/C)c1cc(Cl)c(OC)c(OC)c1)/C(=C\c1ccccc1)C(=O)NCc1cccnc1. The maximum atomic E-state index is 13.5. The van der Waals surface area contributed by atoms with E-state index in [2.05, 4.69) is 10.3 Å². The molecular formula is C28H27ClN2O5. The normalized spacial score (nSPS) is 11.9. The van der Waals surface area contributed by atoms with Crippen LogP contribution < -0.4 is 14.8 Å². The fraction of sp³-hybridized carbons (Fsp3) is 0.179. The summed E-state index contributed by atoms with van der Waals surface area (Å²) in [5, 5.41) is 3.17. The lowest BCUT2D eigenvalue weighted by molar-refractivity contribution is -0.136. The van der Waals surface area contributed by atoms with Crippen LogP contribution in [0.1, 0.15) is 23.6 Å². The number of benzene rings is 2. The summed E-state index contributed by atoms with van der Waals surface area (Å²) in [6.45, 7) is 1.95. The zero-order chi connectivity index (χ0) is 26.1. The Bertz CT molecular complexity index is 1290. The summed E-state index contributed by atoms with van der Waals surface area (Å²) in [5.74, 6) is -0.367. The molecular weight excluding hydrogens is 480 g/mol. The van der Waals surface area contributed by atoms with Crippen molar-refractivity contribution in [2.45, 2.75) is 13.5 Å². The van der Waals surface area contributed by atoms with E-state index >= 15 is 0 Å². The molecule has 1 N–H and O–H groups in total. The molecule has 0 aliphatic heterocycles. The number of nitrogens with zero attached hydrogens (tertiary/aromatic N) is 1. The fourth-order valence-corrected chi connectivity index (χ4v) is 3.88. The van der Waals surface area contributed by atoms with Crippen molar-refractivity contribution in [3.8, 4) is 11.5 Å². The minimum Gasteiger partial charge on any atom is -0.493 e. The first-order chi connectivity index (χ1) is 17.4. The van der Waals surface area contributed by atoms with E-state index in [1.54, 1.807) is 43.6 Å². The maximum Gasteiger partial charge on any atom is 0.338 e. The predicted octanol–water partition coefficient (Wildman–Crippen LogP) is 5.10. The highest BCUT2D eigenvalue weighted by Crippen LogP contribution is 2.39. The summed E-state index contributed by atoms with van der Waals surface area (Å²) in [7, 11) is 4.25. The van der Waals surface area contributed by atoms with Crippen molar-refractivity contribution in [2.24, 2.45) is 0 Å². The Morgan fingerprint density at radius 3 is 2.39 bits per heavy atom. The fourth-order valence-electron chi connectivity index (χ4n) is 3.59. The van der Waals surface area contributed by atoms with Crippen molar-refractivity contribution < 1.29 is 23.8 Å². The smallest absolute Gasteiger partial charge is 0.338 e. The van der Waals surface area contributed by atoms with Gasteiger partial charge in [0.05, 0.1) is 37.5 Å². The monoisotopic (exact) mass is 506 g/mol.